The van der Waals surface area contributed by atoms with Crippen molar-refractivity contribution in [1.82, 2.24) is 0 Å². The lowest BCUT2D eigenvalue weighted by atomic mass is 9.88. The van der Waals surface area contributed by atoms with E-state index in [9.17, 15) is 4.79 Å². The zero-order valence-electron chi connectivity index (χ0n) is 11.3. The van der Waals surface area contributed by atoms with Crippen molar-refractivity contribution in [3.05, 3.63) is 35.4 Å². The molecule has 3 nitrogen and oxygen atoms in total. The van der Waals surface area contributed by atoms with Gasteiger partial charge in [-0.1, -0.05) is 17.7 Å². The van der Waals surface area contributed by atoms with E-state index in [1.165, 1.54) is 11.1 Å². The molecule has 18 heavy (non-hydrogen) atoms. The number of anilines is 1. The number of aliphatic carboxylic acids is 1. The van der Waals surface area contributed by atoms with Crippen LogP contribution in [-0.2, 0) is 4.79 Å². The second kappa shape index (κ2) is 4.16. The monoisotopic (exact) mass is 245 g/mol. The summed E-state index contributed by atoms with van der Waals surface area (Å²) in [5.41, 5.74) is 4.27. The van der Waals surface area contributed by atoms with Crippen molar-refractivity contribution in [3.8, 4) is 0 Å². The minimum atomic E-state index is -0.803. The molecule has 0 fully saturated rings. The van der Waals surface area contributed by atoms with E-state index in [1.54, 1.807) is 0 Å². The molecule has 0 saturated carbocycles. The van der Waals surface area contributed by atoms with E-state index in [2.05, 4.69) is 26.0 Å². The third kappa shape index (κ3) is 2.13. The number of nitrogens with zero attached hydrogens (tertiary/aromatic N) is 1. The molecule has 0 atom stereocenters. The molecule has 0 aliphatic carbocycles. The Kier molecular flexibility index (Phi) is 2.93. The van der Waals surface area contributed by atoms with Crippen LogP contribution >= 0.6 is 0 Å². The van der Waals surface area contributed by atoms with Crippen molar-refractivity contribution in [1.29, 1.82) is 0 Å². The molecule has 0 saturated heterocycles. The lowest BCUT2D eigenvalue weighted by Crippen LogP contribution is -2.47. The summed E-state index contributed by atoms with van der Waals surface area (Å²) in [6.07, 6.45) is 2.14. The summed E-state index contributed by atoms with van der Waals surface area (Å²) in [5, 5.41) is 9.08. The first kappa shape index (κ1) is 12.7. The van der Waals surface area contributed by atoms with Crippen molar-refractivity contribution in [2.45, 2.75) is 33.2 Å². The Morgan fingerprint density at radius 1 is 1.33 bits per heavy atom. The summed E-state index contributed by atoms with van der Waals surface area (Å²) < 4.78 is 0. The van der Waals surface area contributed by atoms with Crippen LogP contribution in [0.3, 0.4) is 0 Å². The first-order valence-corrected chi connectivity index (χ1v) is 6.11. The third-order valence-corrected chi connectivity index (χ3v) is 3.43. The Bertz CT molecular complexity index is 529. The predicted octanol–water partition coefficient (Wildman–Crippen LogP) is 3.08. The number of carbonyl (C=O) groups is 1. The first-order chi connectivity index (χ1) is 8.31. The Morgan fingerprint density at radius 2 is 2.00 bits per heavy atom. The zero-order chi connectivity index (χ0) is 13.5. The minimum Gasteiger partial charge on any atom is -0.480 e. The number of allylic oxidation sites excluding steroid dienone is 1. The van der Waals surface area contributed by atoms with Crippen molar-refractivity contribution >= 4 is 17.2 Å². The number of carboxylic acids is 1. The van der Waals surface area contributed by atoms with Crippen molar-refractivity contribution in [2.24, 2.45) is 0 Å². The number of rotatable bonds is 2. The summed E-state index contributed by atoms with van der Waals surface area (Å²) in [6.45, 7) is 8.24. The fourth-order valence-electron chi connectivity index (χ4n) is 2.62. The largest absolute Gasteiger partial charge is 0.480 e. The molecule has 1 aliphatic rings. The minimum absolute atomic E-state index is 0.0207. The average Bonchev–Trinajstić information content (AvgIpc) is 2.23. The Morgan fingerprint density at radius 3 is 2.61 bits per heavy atom. The van der Waals surface area contributed by atoms with E-state index < -0.39 is 5.97 Å². The van der Waals surface area contributed by atoms with Gasteiger partial charge in [0.1, 0.15) is 6.54 Å². The normalized spacial score (nSPS) is 17.1. The highest BCUT2D eigenvalue weighted by Crippen LogP contribution is 2.38. The van der Waals surface area contributed by atoms with Gasteiger partial charge in [0, 0.05) is 11.3 Å². The summed E-state index contributed by atoms with van der Waals surface area (Å²) in [7, 11) is 0. The molecular formula is C15H19NO2. The molecule has 96 valence electrons. The van der Waals surface area contributed by atoms with Crippen LogP contribution in [0.5, 0.6) is 0 Å². The lowest BCUT2D eigenvalue weighted by molar-refractivity contribution is -0.135. The number of fused-ring (bicyclic) bond motifs is 1. The van der Waals surface area contributed by atoms with E-state index >= 15 is 0 Å². The van der Waals surface area contributed by atoms with Crippen LogP contribution in [0.15, 0.2) is 24.3 Å². The van der Waals surface area contributed by atoms with Gasteiger partial charge >= 0.3 is 5.97 Å². The topological polar surface area (TPSA) is 40.5 Å². The Labute approximate surface area is 108 Å². The summed E-state index contributed by atoms with van der Waals surface area (Å²) in [4.78, 5) is 13.0. The highest BCUT2D eigenvalue weighted by Gasteiger charge is 2.32. The van der Waals surface area contributed by atoms with Gasteiger partial charge in [-0.05, 0) is 45.4 Å². The van der Waals surface area contributed by atoms with Crippen LogP contribution in [0.1, 0.15) is 31.9 Å². The molecular weight excluding hydrogens is 226 g/mol. The fourth-order valence-corrected chi connectivity index (χ4v) is 2.62. The van der Waals surface area contributed by atoms with Gasteiger partial charge in [0.15, 0.2) is 0 Å². The Balaban J connectivity index is 2.57. The molecule has 0 radical (unpaired) electrons. The van der Waals surface area contributed by atoms with Gasteiger partial charge in [0.25, 0.3) is 0 Å². The van der Waals surface area contributed by atoms with E-state index in [-0.39, 0.29) is 12.1 Å². The maximum atomic E-state index is 11.1. The second-order valence-corrected chi connectivity index (χ2v) is 5.48. The van der Waals surface area contributed by atoms with Crippen LogP contribution in [-0.4, -0.2) is 23.2 Å². The van der Waals surface area contributed by atoms with Gasteiger partial charge in [-0.25, -0.2) is 0 Å². The molecule has 1 aliphatic heterocycles. The van der Waals surface area contributed by atoms with Crippen LogP contribution in [0.2, 0.25) is 0 Å². The number of benzene rings is 1. The molecule has 2 rings (SSSR count). The summed E-state index contributed by atoms with van der Waals surface area (Å²) in [6, 6.07) is 6.17. The van der Waals surface area contributed by atoms with Gasteiger partial charge in [-0.15, -0.1) is 0 Å². The highest BCUT2D eigenvalue weighted by atomic mass is 16.4. The molecule has 0 bridgehead atoms. The van der Waals surface area contributed by atoms with Crippen LogP contribution in [0, 0.1) is 6.92 Å². The van der Waals surface area contributed by atoms with E-state index in [0.717, 1.165) is 11.3 Å². The quantitative estimate of drug-likeness (QED) is 0.870. The summed E-state index contributed by atoms with van der Waals surface area (Å²) in [5.74, 6) is -0.803. The second-order valence-electron chi connectivity index (χ2n) is 5.48. The molecule has 1 heterocycles. The SMILES string of the molecule is CC1=CC(C)(C)N(CC(=O)O)c2ccc(C)cc21. The zero-order valence-corrected chi connectivity index (χ0v) is 11.3. The molecule has 1 N–H and O–H groups in total. The maximum Gasteiger partial charge on any atom is 0.323 e. The Hall–Kier alpha value is -1.77. The van der Waals surface area contributed by atoms with Gasteiger partial charge in [0.2, 0.25) is 0 Å². The van der Waals surface area contributed by atoms with Crippen molar-refractivity contribution in [2.75, 3.05) is 11.4 Å². The number of carboxylic acid groups (broad SMARTS) is 1. The molecule has 0 amide bonds. The lowest BCUT2D eigenvalue weighted by Gasteiger charge is -2.42. The van der Waals surface area contributed by atoms with Crippen LogP contribution in [0.25, 0.3) is 5.57 Å². The third-order valence-electron chi connectivity index (χ3n) is 3.43. The first-order valence-electron chi connectivity index (χ1n) is 6.11. The smallest absolute Gasteiger partial charge is 0.323 e. The number of hydrogen-bond donors (Lipinski definition) is 1. The predicted molar refractivity (Wildman–Crippen MR) is 73.9 cm³/mol. The molecule has 3 heteroatoms. The summed E-state index contributed by atoms with van der Waals surface area (Å²) >= 11 is 0. The van der Waals surface area contributed by atoms with Crippen LogP contribution in [0.4, 0.5) is 5.69 Å². The van der Waals surface area contributed by atoms with E-state index in [0.29, 0.717) is 0 Å². The van der Waals surface area contributed by atoms with Gasteiger partial charge < -0.3 is 10.0 Å². The standard InChI is InChI=1S/C15H19NO2/c1-10-5-6-13-12(7-10)11(2)8-15(3,4)16(13)9-14(17)18/h5-8H,9H2,1-4H3,(H,17,18). The van der Waals surface area contributed by atoms with Gasteiger partial charge in [-0.2, -0.15) is 0 Å². The molecule has 0 aromatic heterocycles. The average molecular weight is 245 g/mol. The fraction of sp³-hybridized carbons (Fsp3) is 0.400. The van der Waals surface area contributed by atoms with Crippen LogP contribution < -0.4 is 4.90 Å². The molecule has 0 unspecified atom stereocenters. The number of aryl methyl sites for hydroxylation is 1. The molecule has 0 spiro atoms. The number of hydrogen-bond acceptors (Lipinski definition) is 2. The van der Waals surface area contributed by atoms with Gasteiger partial charge in [0.05, 0.1) is 5.54 Å². The van der Waals surface area contributed by atoms with E-state index in [1.807, 2.05) is 30.9 Å². The van der Waals surface area contributed by atoms with E-state index in [4.69, 9.17) is 5.11 Å². The van der Waals surface area contributed by atoms with Crippen molar-refractivity contribution < 1.29 is 9.90 Å². The molecule has 1 aromatic rings. The molecule has 1 aromatic carbocycles. The highest BCUT2D eigenvalue weighted by molar-refractivity contribution is 5.85. The maximum absolute atomic E-state index is 11.1. The van der Waals surface area contributed by atoms with Gasteiger partial charge in [-0.3, -0.25) is 4.79 Å². The van der Waals surface area contributed by atoms with Crippen molar-refractivity contribution in [3.63, 3.8) is 0 Å².